The Hall–Kier alpha value is -0.400. The molecule has 4 heterocycles. The average molecular weight is 465 g/mol. The van der Waals surface area contributed by atoms with Crippen molar-refractivity contribution in [2.75, 3.05) is 92.5 Å². The van der Waals surface area contributed by atoms with Crippen LogP contribution < -0.4 is 0 Å². The van der Waals surface area contributed by atoms with E-state index in [1.54, 1.807) is 0 Å². The highest BCUT2D eigenvalue weighted by molar-refractivity contribution is 4.69. The highest BCUT2D eigenvalue weighted by Crippen LogP contribution is 2.11. The quantitative estimate of drug-likeness (QED) is 0.186. The molecule has 0 amide bonds. The second-order valence-corrected chi connectivity index (χ2v) is 8.41. The first-order valence-electron chi connectivity index (χ1n) is 11.7. The zero-order valence-corrected chi connectivity index (χ0v) is 19.4. The van der Waals surface area contributed by atoms with Gasteiger partial charge in [0.15, 0.2) is 0 Å². The van der Waals surface area contributed by atoms with Gasteiger partial charge in [0.1, 0.15) is 24.4 Å². The van der Waals surface area contributed by atoms with Crippen molar-refractivity contribution in [3.05, 3.63) is 0 Å². The van der Waals surface area contributed by atoms with Crippen LogP contribution in [0.3, 0.4) is 0 Å². The SMILES string of the molecule is C(COCC1CO1)OCCOCC1CO1.CC(COCC1CO1)OCC(C)OCC1CO1. The maximum absolute atomic E-state index is 5.63. The van der Waals surface area contributed by atoms with Crippen molar-refractivity contribution in [1.29, 1.82) is 0 Å². The van der Waals surface area contributed by atoms with Gasteiger partial charge >= 0.3 is 0 Å². The van der Waals surface area contributed by atoms with Crippen LogP contribution in [0.1, 0.15) is 13.8 Å². The van der Waals surface area contributed by atoms with Crippen molar-refractivity contribution < 1.29 is 47.4 Å². The third kappa shape index (κ3) is 15.4. The highest BCUT2D eigenvalue weighted by Gasteiger charge is 2.24. The molecule has 0 aliphatic carbocycles. The van der Waals surface area contributed by atoms with Crippen LogP contribution >= 0.6 is 0 Å². The van der Waals surface area contributed by atoms with E-state index in [9.17, 15) is 0 Å². The van der Waals surface area contributed by atoms with E-state index < -0.39 is 0 Å². The van der Waals surface area contributed by atoms with Gasteiger partial charge in [0, 0.05) is 0 Å². The van der Waals surface area contributed by atoms with Gasteiger partial charge in [-0.1, -0.05) is 0 Å². The first-order valence-corrected chi connectivity index (χ1v) is 11.7. The fourth-order valence-corrected chi connectivity index (χ4v) is 2.46. The summed E-state index contributed by atoms with van der Waals surface area (Å²) in [5.74, 6) is 0. The molecule has 10 heteroatoms. The molecule has 0 aromatic rings. The van der Waals surface area contributed by atoms with Crippen molar-refractivity contribution in [1.82, 2.24) is 0 Å². The van der Waals surface area contributed by atoms with Crippen molar-refractivity contribution in [2.45, 2.75) is 50.5 Å². The van der Waals surface area contributed by atoms with Crippen molar-refractivity contribution in [3.8, 4) is 0 Å². The maximum Gasteiger partial charge on any atom is 0.104 e. The molecule has 32 heavy (non-hydrogen) atoms. The third-order valence-electron chi connectivity index (χ3n) is 4.80. The lowest BCUT2D eigenvalue weighted by Crippen LogP contribution is -2.25. The zero-order valence-electron chi connectivity index (χ0n) is 19.4. The van der Waals surface area contributed by atoms with Gasteiger partial charge in [-0.2, -0.15) is 0 Å². The van der Waals surface area contributed by atoms with Crippen LogP contribution in [-0.4, -0.2) is 129 Å². The Labute approximate surface area is 191 Å². The molecule has 4 fully saturated rings. The van der Waals surface area contributed by atoms with Crippen molar-refractivity contribution >= 4 is 0 Å². The van der Waals surface area contributed by atoms with E-state index in [2.05, 4.69) is 0 Å². The predicted molar refractivity (Wildman–Crippen MR) is 113 cm³/mol. The molecule has 4 saturated heterocycles. The Morgan fingerprint density at radius 3 is 1.44 bits per heavy atom. The topological polar surface area (TPSA) is 106 Å². The Kier molecular flexibility index (Phi) is 12.7. The molecule has 0 bridgehead atoms. The first kappa shape index (κ1) is 26.2. The van der Waals surface area contributed by atoms with E-state index in [1.165, 1.54) is 0 Å². The number of epoxide rings is 4. The normalized spacial score (nSPS) is 29.1. The van der Waals surface area contributed by atoms with Gasteiger partial charge in [0.2, 0.25) is 0 Å². The molecule has 10 nitrogen and oxygen atoms in total. The summed E-state index contributed by atoms with van der Waals surface area (Å²) >= 11 is 0. The minimum atomic E-state index is 0.0944. The van der Waals surface area contributed by atoms with Gasteiger partial charge in [0.25, 0.3) is 0 Å². The fourth-order valence-electron chi connectivity index (χ4n) is 2.46. The Bertz CT molecular complexity index is 448. The van der Waals surface area contributed by atoms with Crippen LogP contribution in [0, 0.1) is 0 Å². The van der Waals surface area contributed by atoms with Crippen LogP contribution in [0.5, 0.6) is 0 Å². The van der Waals surface area contributed by atoms with E-state index in [-0.39, 0.29) is 12.2 Å². The summed E-state index contributed by atoms with van der Waals surface area (Å²) in [5, 5.41) is 0. The predicted octanol–water partition coefficient (Wildman–Crippen LogP) is 0.445. The van der Waals surface area contributed by atoms with Crippen LogP contribution in [-0.2, 0) is 47.4 Å². The van der Waals surface area contributed by atoms with Crippen LogP contribution in [0.2, 0.25) is 0 Å². The number of hydrogen-bond acceptors (Lipinski definition) is 10. The minimum Gasteiger partial charge on any atom is -0.377 e. The van der Waals surface area contributed by atoms with Crippen LogP contribution in [0.15, 0.2) is 0 Å². The van der Waals surface area contributed by atoms with Crippen LogP contribution in [0.25, 0.3) is 0 Å². The summed E-state index contributed by atoms with van der Waals surface area (Å²) < 4.78 is 52.7. The van der Waals surface area contributed by atoms with Crippen molar-refractivity contribution in [3.63, 3.8) is 0 Å². The van der Waals surface area contributed by atoms with E-state index in [0.717, 1.165) is 26.4 Å². The molecule has 4 aliphatic rings. The summed E-state index contributed by atoms with van der Waals surface area (Å²) in [6.07, 6.45) is 1.52. The van der Waals surface area contributed by atoms with E-state index in [0.29, 0.717) is 90.5 Å². The Morgan fingerprint density at radius 2 is 0.938 bits per heavy atom. The second kappa shape index (κ2) is 15.5. The number of hydrogen-bond donors (Lipinski definition) is 0. The third-order valence-corrected chi connectivity index (χ3v) is 4.80. The van der Waals surface area contributed by atoms with E-state index in [4.69, 9.17) is 47.4 Å². The molecule has 6 atom stereocenters. The largest absolute Gasteiger partial charge is 0.377 e. The first-order chi connectivity index (χ1) is 15.7. The Balaban J connectivity index is 0.000000182. The molecular formula is C22H40O10. The molecule has 0 spiro atoms. The van der Waals surface area contributed by atoms with Crippen molar-refractivity contribution in [2.24, 2.45) is 0 Å². The lowest BCUT2D eigenvalue weighted by molar-refractivity contribution is -0.0600. The molecule has 188 valence electrons. The summed E-state index contributed by atoms with van der Waals surface area (Å²) in [5.41, 5.74) is 0. The molecule has 6 unspecified atom stereocenters. The van der Waals surface area contributed by atoms with Gasteiger partial charge in [0.05, 0.1) is 105 Å². The Morgan fingerprint density at radius 1 is 0.531 bits per heavy atom. The standard InChI is InChI=1S/C12H22O5.C10H18O5/c1-9(3-13-5-11-7-16-11)14-4-10(2)15-6-12-8-17-12;1(3-12-5-9-7-14-9)11-2-4-13-6-10-8-15-10/h9-12H,3-8H2,1-2H3;9-10H,1-8H2. The molecule has 0 N–H and O–H groups in total. The van der Waals surface area contributed by atoms with E-state index >= 15 is 0 Å². The molecule has 0 aromatic heterocycles. The molecule has 4 aliphatic heterocycles. The maximum atomic E-state index is 5.63. The van der Waals surface area contributed by atoms with Gasteiger partial charge < -0.3 is 47.4 Å². The van der Waals surface area contributed by atoms with Gasteiger partial charge in [-0.15, -0.1) is 0 Å². The zero-order chi connectivity index (χ0) is 22.4. The number of rotatable bonds is 20. The second-order valence-electron chi connectivity index (χ2n) is 8.41. The summed E-state index contributed by atoms with van der Waals surface area (Å²) in [7, 11) is 0. The molecule has 0 saturated carbocycles. The lowest BCUT2D eigenvalue weighted by Gasteiger charge is -2.17. The summed E-state index contributed by atoms with van der Waals surface area (Å²) in [4.78, 5) is 0. The van der Waals surface area contributed by atoms with Crippen LogP contribution in [0.4, 0.5) is 0 Å². The highest BCUT2D eigenvalue weighted by atomic mass is 16.6. The lowest BCUT2D eigenvalue weighted by atomic mass is 10.4. The molecule has 4 rings (SSSR count). The fraction of sp³-hybridized carbons (Fsp3) is 1.00. The number of ether oxygens (including phenoxy) is 10. The summed E-state index contributed by atoms with van der Waals surface area (Å²) in [6, 6.07) is 0. The minimum absolute atomic E-state index is 0.0944. The van der Waals surface area contributed by atoms with Gasteiger partial charge in [-0.25, -0.2) is 0 Å². The molecule has 0 aromatic carbocycles. The van der Waals surface area contributed by atoms with Gasteiger partial charge in [-0.05, 0) is 13.8 Å². The average Bonchev–Trinajstić information content (AvgIpc) is 3.64. The van der Waals surface area contributed by atoms with Gasteiger partial charge in [-0.3, -0.25) is 0 Å². The van der Waals surface area contributed by atoms with E-state index in [1.807, 2.05) is 13.8 Å². The molecule has 0 radical (unpaired) electrons. The monoisotopic (exact) mass is 464 g/mol. The molecular weight excluding hydrogens is 424 g/mol. The summed E-state index contributed by atoms with van der Waals surface area (Å²) in [6.45, 7) is 13.8. The smallest absolute Gasteiger partial charge is 0.104 e.